The van der Waals surface area contributed by atoms with Crippen LogP contribution < -0.4 is 10.8 Å². The second kappa shape index (κ2) is 10.1. The molecule has 0 bridgehead atoms. The molecule has 0 radical (unpaired) electrons. The first-order valence-corrected chi connectivity index (χ1v) is 6.10. The summed E-state index contributed by atoms with van der Waals surface area (Å²) >= 11 is 0. The normalized spacial score (nSPS) is 14.8. The zero-order valence-electron chi connectivity index (χ0n) is 10.6. The molecule has 110 valence electrons. The number of hydroxylamine groups is 1. The van der Waals surface area contributed by atoms with E-state index < -0.39 is 12.1 Å². The van der Waals surface area contributed by atoms with Crippen molar-refractivity contribution in [3.8, 4) is 0 Å². The fraction of sp³-hybridized carbons (Fsp3) is 0.727. The number of carbonyl (C=O) groups excluding carboxylic acids is 2. The molecule has 0 aromatic heterocycles. The summed E-state index contributed by atoms with van der Waals surface area (Å²) in [6.07, 6.45) is 3.66. The Labute approximate surface area is 110 Å². The van der Waals surface area contributed by atoms with E-state index in [4.69, 9.17) is 20.2 Å². The van der Waals surface area contributed by atoms with Crippen LogP contribution in [0.1, 0.15) is 38.5 Å². The van der Waals surface area contributed by atoms with E-state index in [9.17, 15) is 9.59 Å². The molecule has 0 saturated heterocycles. The fourth-order valence-electron chi connectivity index (χ4n) is 1.86. The molecule has 5 N–H and O–H groups in total. The minimum absolute atomic E-state index is 0.0421. The van der Waals surface area contributed by atoms with Crippen molar-refractivity contribution in [1.29, 1.82) is 0 Å². The predicted octanol–water partition coefficient (Wildman–Crippen LogP) is 0.801. The van der Waals surface area contributed by atoms with Crippen molar-refractivity contribution >= 4 is 18.0 Å². The van der Waals surface area contributed by atoms with Gasteiger partial charge in [0.15, 0.2) is 0 Å². The van der Waals surface area contributed by atoms with Gasteiger partial charge in [-0.1, -0.05) is 19.3 Å². The molecule has 8 heteroatoms. The molecular weight excluding hydrogens is 256 g/mol. The first-order valence-electron chi connectivity index (χ1n) is 6.10. The van der Waals surface area contributed by atoms with Gasteiger partial charge in [0.1, 0.15) is 0 Å². The highest BCUT2D eigenvalue weighted by Gasteiger charge is 2.20. The smallest absolute Gasteiger partial charge is 0.450 e. The summed E-state index contributed by atoms with van der Waals surface area (Å²) in [6, 6.07) is 0. The van der Waals surface area contributed by atoms with Crippen LogP contribution in [0.15, 0.2) is 0 Å². The number of hydrogen-bond acceptors (Lipinski definition) is 4. The summed E-state index contributed by atoms with van der Waals surface area (Å²) in [6.45, 7) is 0.293. The summed E-state index contributed by atoms with van der Waals surface area (Å²) in [4.78, 5) is 30.8. The number of amides is 2. The van der Waals surface area contributed by atoms with E-state index in [1.807, 2.05) is 0 Å². The molecule has 0 aromatic carbocycles. The molecule has 0 atom stereocenters. The quantitative estimate of drug-likeness (QED) is 0.380. The van der Waals surface area contributed by atoms with E-state index in [-0.39, 0.29) is 18.2 Å². The second-order valence-electron chi connectivity index (χ2n) is 4.19. The van der Waals surface area contributed by atoms with E-state index in [0.29, 0.717) is 6.54 Å². The third-order valence-corrected chi connectivity index (χ3v) is 2.75. The summed E-state index contributed by atoms with van der Waals surface area (Å²) in [7, 11) is 0. The molecule has 1 rings (SSSR count). The molecule has 2 amide bonds. The van der Waals surface area contributed by atoms with Crippen LogP contribution in [0.25, 0.3) is 0 Å². The molecule has 1 aliphatic rings. The molecule has 1 fully saturated rings. The summed E-state index contributed by atoms with van der Waals surface area (Å²) in [5.74, 6) is -0.310. The van der Waals surface area contributed by atoms with Crippen molar-refractivity contribution in [2.24, 2.45) is 5.92 Å². The van der Waals surface area contributed by atoms with Crippen molar-refractivity contribution in [3.05, 3.63) is 0 Å². The number of hydrogen-bond donors (Lipinski definition) is 5. The monoisotopic (exact) mass is 276 g/mol. The Bertz CT molecular complexity index is 298. The Kier molecular flexibility index (Phi) is 9.15. The van der Waals surface area contributed by atoms with E-state index in [1.54, 1.807) is 0 Å². The van der Waals surface area contributed by atoms with E-state index in [1.165, 1.54) is 11.9 Å². The van der Waals surface area contributed by atoms with Gasteiger partial charge in [0.2, 0.25) is 11.8 Å². The highest BCUT2D eigenvalue weighted by Crippen LogP contribution is 2.23. The molecule has 1 saturated carbocycles. The van der Waals surface area contributed by atoms with Gasteiger partial charge in [-0.3, -0.25) is 14.8 Å². The van der Waals surface area contributed by atoms with E-state index in [0.717, 1.165) is 25.7 Å². The van der Waals surface area contributed by atoms with E-state index >= 15 is 0 Å². The van der Waals surface area contributed by atoms with Gasteiger partial charge >= 0.3 is 6.16 Å². The van der Waals surface area contributed by atoms with Crippen LogP contribution in [0.5, 0.6) is 0 Å². The largest absolute Gasteiger partial charge is 0.503 e. The predicted molar refractivity (Wildman–Crippen MR) is 64.8 cm³/mol. The summed E-state index contributed by atoms with van der Waals surface area (Å²) in [5.41, 5.74) is 1.53. The van der Waals surface area contributed by atoms with Crippen LogP contribution >= 0.6 is 0 Å². The van der Waals surface area contributed by atoms with Crippen LogP contribution in [0, 0.1) is 5.92 Å². The Hall–Kier alpha value is -1.83. The summed E-state index contributed by atoms with van der Waals surface area (Å²) < 4.78 is 0. The van der Waals surface area contributed by atoms with Crippen molar-refractivity contribution in [2.75, 3.05) is 6.54 Å². The standard InChI is InChI=1S/C10H18N2O3.CH2O3/c13-9(12-15)6-7-11-10(14)8-4-2-1-3-5-8;2-1(3)4/h8,15H,1-7H2,(H,11,14)(H,12,13);(H2,2,3,4). The highest BCUT2D eigenvalue weighted by atomic mass is 16.6. The first-order chi connectivity index (χ1) is 8.97. The Balaban J connectivity index is 0.000000711. The molecule has 8 nitrogen and oxygen atoms in total. The van der Waals surface area contributed by atoms with Gasteiger partial charge in [0.25, 0.3) is 0 Å². The number of carbonyl (C=O) groups is 3. The molecule has 0 heterocycles. The van der Waals surface area contributed by atoms with Crippen molar-refractivity contribution < 1.29 is 29.8 Å². The summed E-state index contributed by atoms with van der Waals surface area (Å²) in [5, 5.41) is 24.9. The number of rotatable bonds is 4. The Morgan fingerprint density at radius 3 is 2.05 bits per heavy atom. The van der Waals surface area contributed by atoms with Gasteiger partial charge in [0, 0.05) is 18.9 Å². The van der Waals surface area contributed by atoms with Gasteiger partial charge in [-0.2, -0.15) is 0 Å². The topological polar surface area (TPSA) is 136 Å². The lowest BCUT2D eigenvalue weighted by Crippen LogP contribution is -2.34. The molecule has 0 spiro atoms. The second-order valence-corrected chi connectivity index (χ2v) is 4.19. The van der Waals surface area contributed by atoms with Gasteiger partial charge < -0.3 is 15.5 Å². The van der Waals surface area contributed by atoms with Gasteiger partial charge in [0.05, 0.1) is 0 Å². The minimum atomic E-state index is -1.83. The van der Waals surface area contributed by atoms with Gasteiger partial charge in [-0.05, 0) is 12.8 Å². The van der Waals surface area contributed by atoms with Crippen molar-refractivity contribution in [1.82, 2.24) is 10.8 Å². The van der Waals surface area contributed by atoms with Gasteiger partial charge in [-0.15, -0.1) is 0 Å². The average molecular weight is 276 g/mol. The van der Waals surface area contributed by atoms with Gasteiger partial charge in [-0.25, -0.2) is 10.3 Å². The molecule has 1 aliphatic carbocycles. The molecule has 0 aliphatic heterocycles. The Morgan fingerprint density at radius 2 is 1.58 bits per heavy atom. The number of nitrogens with one attached hydrogen (secondary N) is 2. The first kappa shape index (κ1) is 17.2. The lowest BCUT2D eigenvalue weighted by molar-refractivity contribution is -0.129. The molecule has 0 aromatic rings. The van der Waals surface area contributed by atoms with Crippen molar-refractivity contribution in [3.63, 3.8) is 0 Å². The SMILES string of the molecule is O=C(CCNC(=O)C1CCCCC1)NO.O=C(O)O. The van der Waals surface area contributed by atoms with E-state index in [2.05, 4.69) is 5.32 Å². The fourth-order valence-corrected chi connectivity index (χ4v) is 1.86. The zero-order chi connectivity index (χ0) is 14.7. The lowest BCUT2D eigenvalue weighted by Gasteiger charge is -2.20. The molecule has 0 unspecified atom stereocenters. The third kappa shape index (κ3) is 9.83. The lowest BCUT2D eigenvalue weighted by atomic mass is 9.89. The molecule has 19 heavy (non-hydrogen) atoms. The van der Waals surface area contributed by atoms with Crippen LogP contribution in [-0.2, 0) is 9.59 Å². The van der Waals surface area contributed by atoms with Crippen LogP contribution in [-0.4, -0.2) is 39.9 Å². The third-order valence-electron chi connectivity index (χ3n) is 2.75. The zero-order valence-corrected chi connectivity index (χ0v) is 10.6. The maximum atomic E-state index is 11.6. The van der Waals surface area contributed by atoms with Crippen LogP contribution in [0.4, 0.5) is 4.79 Å². The van der Waals surface area contributed by atoms with Crippen LogP contribution in [0.3, 0.4) is 0 Å². The number of carboxylic acid groups (broad SMARTS) is 2. The van der Waals surface area contributed by atoms with Crippen molar-refractivity contribution in [2.45, 2.75) is 38.5 Å². The minimum Gasteiger partial charge on any atom is -0.450 e. The highest BCUT2D eigenvalue weighted by molar-refractivity contribution is 5.80. The van der Waals surface area contributed by atoms with Crippen LogP contribution in [0.2, 0.25) is 0 Å². The maximum Gasteiger partial charge on any atom is 0.503 e. The average Bonchev–Trinajstić information content (AvgIpc) is 2.38. The molecular formula is C11H20N2O6. The Morgan fingerprint density at radius 1 is 1.05 bits per heavy atom. The maximum absolute atomic E-state index is 11.6.